The molecule has 0 aliphatic rings. The molecule has 0 radical (unpaired) electrons. The summed E-state index contributed by atoms with van der Waals surface area (Å²) >= 11 is 0. The molecule has 0 atom stereocenters. The van der Waals surface area contributed by atoms with Crippen LogP contribution in [0.5, 0.6) is 0 Å². The Bertz CT molecular complexity index is 563. The predicted molar refractivity (Wildman–Crippen MR) is 95.3 cm³/mol. The van der Waals surface area contributed by atoms with Gasteiger partial charge in [-0.15, -0.1) is 0 Å². The van der Waals surface area contributed by atoms with Gasteiger partial charge in [-0.1, -0.05) is 41.5 Å². The van der Waals surface area contributed by atoms with Crippen LogP contribution >= 0.6 is 0 Å². The molecule has 2 aromatic heterocycles. The Kier molecular flexibility index (Phi) is 9.53. The first kappa shape index (κ1) is 24.3. The van der Waals surface area contributed by atoms with Crippen LogP contribution in [-0.2, 0) is 23.9 Å². The number of aromatic nitrogens is 2. The van der Waals surface area contributed by atoms with Gasteiger partial charge >= 0.3 is 0 Å². The molecule has 0 saturated heterocycles. The van der Waals surface area contributed by atoms with Crippen molar-refractivity contribution in [2.24, 2.45) is 0 Å². The van der Waals surface area contributed by atoms with Gasteiger partial charge in [0.1, 0.15) is 0 Å². The molecule has 0 unspecified atom stereocenters. The summed E-state index contributed by atoms with van der Waals surface area (Å²) in [4.78, 5) is 0. The lowest BCUT2D eigenvalue weighted by Crippen LogP contribution is -3.00. The smallest absolute Gasteiger partial charge is 0.169 e. The van der Waals surface area contributed by atoms with Crippen LogP contribution in [0.3, 0.4) is 0 Å². The van der Waals surface area contributed by atoms with Gasteiger partial charge in [0.15, 0.2) is 37.9 Å². The van der Waals surface area contributed by atoms with Crippen molar-refractivity contribution in [3.63, 3.8) is 0 Å². The van der Waals surface area contributed by atoms with Gasteiger partial charge < -0.3 is 34.0 Å². The largest absolute Gasteiger partial charge is 1.00 e. The Morgan fingerprint density at radius 2 is 0.880 bits per heavy atom. The highest BCUT2D eigenvalue weighted by molar-refractivity contribution is 5.18. The van der Waals surface area contributed by atoms with Gasteiger partial charge in [0.25, 0.3) is 0 Å². The van der Waals surface area contributed by atoms with Gasteiger partial charge in [-0.3, -0.25) is 0 Å². The molecule has 0 fully saturated rings. The van der Waals surface area contributed by atoms with E-state index in [0.717, 1.165) is 19.5 Å². The van der Waals surface area contributed by atoms with Crippen molar-refractivity contribution >= 4 is 0 Å². The van der Waals surface area contributed by atoms with E-state index in [2.05, 4.69) is 99.7 Å². The van der Waals surface area contributed by atoms with Crippen molar-refractivity contribution < 1.29 is 43.1 Å². The number of aryl methyl sites for hydroxylation is 2. The molecule has 0 aliphatic heterocycles. The van der Waals surface area contributed by atoms with Gasteiger partial charge in [-0.2, -0.15) is 0 Å². The molecule has 0 saturated carbocycles. The fraction of sp³-hybridized carbons (Fsp3) is 0.524. The van der Waals surface area contributed by atoms with E-state index in [4.69, 9.17) is 0 Å². The third-order valence-corrected chi connectivity index (χ3v) is 4.35. The number of nitrogens with zero attached hydrogens (tertiary/aromatic N) is 2. The molecule has 2 heterocycles. The van der Waals surface area contributed by atoms with Crippen molar-refractivity contribution in [1.29, 1.82) is 0 Å². The maximum atomic E-state index is 2.28. The fourth-order valence-corrected chi connectivity index (χ4v) is 2.65. The van der Waals surface area contributed by atoms with Crippen molar-refractivity contribution in [3.8, 4) is 0 Å². The van der Waals surface area contributed by atoms with E-state index in [1.165, 1.54) is 11.1 Å². The number of hydrogen-bond donors (Lipinski definition) is 0. The number of hydrogen-bond acceptors (Lipinski definition) is 0. The van der Waals surface area contributed by atoms with E-state index < -0.39 is 0 Å². The molecule has 0 aromatic carbocycles. The third kappa shape index (κ3) is 7.57. The molecule has 2 aromatic rings. The van der Waals surface area contributed by atoms with Gasteiger partial charge in [0, 0.05) is 24.3 Å². The van der Waals surface area contributed by atoms with Crippen LogP contribution in [0.1, 0.15) is 59.1 Å². The minimum Gasteiger partial charge on any atom is -1.00 e. The van der Waals surface area contributed by atoms with Gasteiger partial charge in [-0.25, -0.2) is 9.13 Å². The molecule has 25 heavy (non-hydrogen) atoms. The van der Waals surface area contributed by atoms with Gasteiger partial charge in [0.05, 0.1) is 6.42 Å². The Morgan fingerprint density at radius 3 is 1.12 bits per heavy atom. The van der Waals surface area contributed by atoms with Crippen LogP contribution in [0.25, 0.3) is 0 Å². The summed E-state index contributed by atoms with van der Waals surface area (Å²) in [6.45, 7) is 15.6. The third-order valence-electron chi connectivity index (χ3n) is 4.35. The second-order valence-corrected chi connectivity index (χ2v) is 8.50. The van der Waals surface area contributed by atoms with Gasteiger partial charge in [0.2, 0.25) is 0 Å². The fourth-order valence-electron chi connectivity index (χ4n) is 2.65. The van der Waals surface area contributed by atoms with E-state index in [1.807, 2.05) is 0 Å². The zero-order chi connectivity index (χ0) is 17.1. The normalized spacial score (nSPS) is 11.4. The van der Waals surface area contributed by atoms with Crippen molar-refractivity contribution in [2.45, 2.75) is 71.9 Å². The Balaban J connectivity index is 0.00000288. The summed E-state index contributed by atoms with van der Waals surface area (Å²) < 4.78 is 4.55. The lowest BCUT2D eigenvalue weighted by Gasteiger charge is -2.17. The predicted octanol–water partition coefficient (Wildman–Crippen LogP) is -2.05. The van der Waals surface area contributed by atoms with Crippen molar-refractivity contribution in [3.05, 3.63) is 60.2 Å². The van der Waals surface area contributed by atoms with Crippen molar-refractivity contribution in [1.82, 2.24) is 0 Å². The van der Waals surface area contributed by atoms with Crippen LogP contribution in [0, 0.1) is 0 Å². The van der Waals surface area contributed by atoms with E-state index in [0.29, 0.717) is 0 Å². The molecular formula is C21H32Br2N2. The van der Waals surface area contributed by atoms with Crippen LogP contribution < -0.4 is 43.1 Å². The van der Waals surface area contributed by atoms with E-state index in [9.17, 15) is 0 Å². The highest BCUT2D eigenvalue weighted by Gasteiger charge is 2.16. The number of rotatable bonds is 4. The summed E-state index contributed by atoms with van der Waals surface area (Å²) in [5.41, 5.74) is 3.23. The summed E-state index contributed by atoms with van der Waals surface area (Å²) in [6.07, 6.45) is 9.95. The molecule has 2 rings (SSSR count). The Morgan fingerprint density at radius 1 is 0.600 bits per heavy atom. The number of halogens is 2. The summed E-state index contributed by atoms with van der Waals surface area (Å²) in [6, 6.07) is 8.97. The lowest BCUT2D eigenvalue weighted by atomic mass is 9.88. The maximum absolute atomic E-state index is 2.28. The van der Waals surface area contributed by atoms with Crippen LogP contribution in [-0.4, -0.2) is 0 Å². The molecule has 140 valence electrons. The Hall–Kier alpha value is -0.740. The average molecular weight is 472 g/mol. The summed E-state index contributed by atoms with van der Waals surface area (Å²) in [5, 5.41) is 0. The molecule has 0 bridgehead atoms. The van der Waals surface area contributed by atoms with E-state index >= 15 is 0 Å². The standard InChI is InChI=1S/C21H32N2.2BrH/c1-20(2,3)18-8-14-22(15-9-18)12-7-13-23-16-10-19(11-17-23)21(4,5)6;;/h8-11,14-17H,7,12-13H2,1-6H3;2*1H/q+2;;/p-2. The average Bonchev–Trinajstić information content (AvgIpc) is 2.46. The quantitative estimate of drug-likeness (QED) is 0.454. The molecule has 0 spiro atoms. The summed E-state index contributed by atoms with van der Waals surface area (Å²) in [7, 11) is 0. The van der Waals surface area contributed by atoms with E-state index in [1.54, 1.807) is 0 Å². The van der Waals surface area contributed by atoms with Crippen LogP contribution in [0.4, 0.5) is 0 Å². The molecule has 4 heteroatoms. The minimum absolute atomic E-state index is 0. The maximum Gasteiger partial charge on any atom is 0.169 e. The van der Waals surface area contributed by atoms with Crippen LogP contribution in [0.2, 0.25) is 0 Å². The lowest BCUT2D eigenvalue weighted by molar-refractivity contribution is -0.727. The summed E-state index contributed by atoms with van der Waals surface area (Å²) in [5.74, 6) is 0. The highest BCUT2D eigenvalue weighted by Crippen LogP contribution is 2.20. The highest BCUT2D eigenvalue weighted by atomic mass is 79.9. The molecule has 0 N–H and O–H groups in total. The molecule has 0 aliphatic carbocycles. The molecular weight excluding hydrogens is 440 g/mol. The first-order chi connectivity index (χ1) is 10.7. The monoisotopic (exact) mass is 470 g/mol. The SMILES string of the molecule is CC(C)(C)c1cc[n+](CCC[n+]2ccc(C(C)(C)C)cc2)cc1.[Br-].[Br-]. The molecule has 0 amide bonds. The van der Waals surface area contributed by atoms with Crippen LogP contribution in [0.15, 0.2) is 49.1 Å². The van der Waals surface area contributed by atoms with Crippen molar-refractivity contribution in [2.75, 3.05) is 0 Å². The first-order valence-corrected chi connectivity index (χ1v) is 8.65. The Labute approximate surface area is 174 Å². The number of pyridine rings is 2. The van der Waals surface area contributed by atoms with E-state index in [-0.39, 0.29) is 44.8 Å². The second kappa shape index (κ2) is 9.82. The van der Waals surface area contributed by atoms with Gasteiger partial charge in [-0.05, 0) is 22.0 Å². The zero-order valence-corrected chi connectivity index (χ0v) is 19.6. The zero-order valence-electron chi connectivity index (χ0n) is 16.4. The first-order valence-electron chi connectivity index (χ1n) is 8.65. The molecule has 2 nitrogen and oxygen atoms in total. The minimum atomic E-state index is 0. The topological polar surface area (TPSA) is 7.76 Å². The second-order valence-electron chi connectivity index (χ2n) is 8.50.